The second-order valence-electron chi connectivity index (χ2n) is 5.29. The molecule has 2 atom stereocenters. The van der Waals surface area contributed by atoms with Gasteiger partial charge in [-0.05, 0) is 23.5 Å². The first kappa shape index (κ1) is 10.1. The van der Waals surface area contributed by atoms with Crippen molar-refractivity contribution in [1.29, 1.82) is 0 Å². The summed E-state index contributed by atoms with van der Waals surface area (Å²) in [6.45, 7) is 0.999. The maximum Gasteiger partial charge on any atom is 0.0529 e. The molecule has 0 aromatic heterocycles. The highest BCUT2D eigenvalue weighted by Crippen LogP contribution is 2.59. The number of benzene rings is 2. The topological polar surface area (TPSA) is 12.4 Å². The predicted molar refractivity (Wildman–Crippen MR) is 74.1 cm³/mol. The molecule has 2 aliphatic rings. The first-order valence-electron chi connectivity index (χ1n) is 6.57. The number of rotatable bonds is 2. The van der Waals surface area contributed by atoms with Gasteiger partial charge in [-0.1, -0.05) is 60.7 Å². The van der Waals surface area contributed by atoms with E-state index in [1.807, 2.05) is 0 Å². The molecule has 0 bridgehead atoms. The van der Waals surface area contributed by atoms with Crippen molar-refractivity contribution >= 4 is 5.71 Å². The summed E-state index contributed by atoms with van der Waals surface area (Å²) >= 11 is 0. The van der Waals surface area contributed by atoms with Gasteiger partial charge in [0.25, 0.3) is 0 Å². The molecule has 18 heavy (non-hydrogen) atoms. The number of hydrogen-bond donors (Lipinski definition) is 0. The first-order chi connectivity index (χ1) is 8.91. The summed E-state index contributed by atoms with van der Waals surface area (Å²) in [6, 6.07) is 21.5. The third-order valence-electron chi connectivity index (χ3n) is 4.33. The smallest absolute Gasteiger partial charge is 0.0529 e. The molecule has 1 aliphatic heterocycles. The summed E-state index contributed by atoms with van der Waals surface area (Å²) in [7, 11) is 0. The van der Waals surface area contributed by atoms with Gasteiger partial charge in [0.1, 0.15) is 0 Å². The van der Waals surface area contributed by atoms with Crippen molar-refractivity contribution < 1.29 is 0 Å². The Morgan fingerprint density at radius 3 is 2.22 bits per heavy atom. The lowest BCUT2D eigenvalue weighted by Crippen LogP contribution is -2.20. The molecule has 2 aromatic rings. The van der Waals surface area contributed by atoms with Crippen molar-refractivity contribution in [3.63, 3.8) is 0 Å². The van der Waals surface area contributed by atoms with Crippen LogP contribution in [0, 0.1) is 5.92 Å². The van der Waals surface area contributed by atoms with Crippen molar-refractivity contribution in [2.24, 2.45) is 10.9 Å². The maximum absolute atomic E-state index is 4.80. The van der Waals surface area contributed by atoms with Crippen LogP contribution in [0.2, 0.25) is 0 Å². The van der Waals surface area contributed by atoms with Crippen LogP contribution >= 0.6 is 0 Å². The highest BCUT2D eigenvalue weighted by molar-refractivity contribution is 6.12. The molecule has 1 fully saturated rings. The third kappa shape index (κ3) is 1.25. The van der Waals surface area contributed by atoms with E-state index >= 15 is 0 Å². The Balaban J connectivity index is 1.82. The lowest BCUT2D eigenvalue weighted by atomic mass is 9.86. The SMILES string of the molecule is c1ccc(C2=NCC3CC23c2ccccc2)cc1. The van der Waals surface area contributed by atoms with E-state index in [9.17, 15) is 0 Å². The van der Waals surface area contributed by atoms with Crippen molar-refractivity contribution in [1.82, 2.24) is 0 Å². The number of aliphatic imine (C=N–C) groups is 1. The fraction of sp³-hybridized carbons (Fsp3) is 0.235. The Morgan fingerprint density at radius 1 is 0.889 bits per heavy atom. The average molecular weight is 233 g/mol. The summed E-state index contributed by atoms with van der Waals surface area (Å²) in [4.78, 5) is 4.80. The Hall–Kier alpha value is -1.89. The van der Waals surface area contributed by atoms with E-state index in [2.05, 4.69) is 60.7 Å². The van der Waals surface area contributed by atoms with Crippen LogP contribution in [-0.2, 0) is 5.41 Å². The summed E-state index contributed by atoms with van der Waals surface area (Å²) in [5.74, 6) is 0.732. The molecule has 0 N–H and O–H groups in total. The molecule has 0 radical (unpaired) electrons. The molecule has 0 spiro atoms. The second-order valence-corrected chi connectivity index (χ2v) is 5.29. The van der Waals surface area contributed by atoms with Crippen LogP contribution in [0.15, 0.2) is 65.7 Å². The van der Waals surface area contributed by atoms with Gasteiger partial charge in [0.05, 0.1) is 5.71 Å². The lowest BCUT2D eigenvalue weighted by Gasteiger charge is -2.17. The molecule has 0 amide bonds. The summed E-state index contributed by atoms with van der Waals surface area (Å²) in [5.41, 5.74) is 4.26. The molecule has 0 saturated heterocycles. The van der Waals surface area contributed by atoms with Crippen molar-refractivity contribution in [3.8, 4) is 0 Å². The average Bonchev–Trinajstić information content (AvgIpc) is 3.07. The van der Waals surface area contributed by atoms with Crippen LogP contribution in [0.4, 0.5) is 0 Å². The van der Waals surface area contributed by atoms with Crippen molar-refractivity contribution in [2.45, 2.75) is 11.8 Å². The fourth-order valence-electron chi connectivity index (χ4n) is 3.35. The largest absolute Gasteiger partial charge is 0.288 e. The van der Waals surface area contributed by atoms with Gasteiger partial charge in [-0.2, -0.15) is 0 Å². The Bertz CT molecular complexity index is 600. The lowest BCUT2D eigenvalue weighted by molar-refractivity contribution is 0.812. The molecule has 4 rings (SSSR count). The van der Waals surface area contributed by atoms with Crippen LogP contribution in [0.1, 0.15) is 17.5 Å². The van der Waals surface area contributed by atoms with E-state index in [4.69, 9.17) is 4.99 Å². The van der Waals surface area contributed by atoms with Gasteiger partial charge in [-0.3, -0.25) is 4.99 Å². The molecule has 1 heterocycles. The highest BCUT2D eigenvalue weighted by Gasteiger charge is 2.61. The van der Waals surface area contributed by atoms with Crippen LogP contribution in [0.3, 0.4) is 0 Å². The molecule has 2 unspecified atom stereocenters. The zero-order chi connectivity index (χ0) is 12.0. The second kappa shape index (κ2) is 3.55. The Labute approximate surface area is 107 Å². The van der Waals surface area contributed by atoms with Crippen LogP contribution in [0.25, 0.3) is 0 Å². The van der Waals surface area contributed by atoms with Gasteiger partial charge in [0.2, 0.25) is 0 Å². The quantitative estimate of drug-likeness (QED) is 0.753. The number of hydrogen-bond acceptors (Lipinski definition) is 1. The molecule has 2 aromatic carbocycles. The van der Waals surface area contributed by atoms with Gasteiger partial charge in [0.15, 0.2) is 0 Å². The fourth-order valence-corrected chi connectivity index (χ4v) is 3.35. The minimum Gasteiger partial charge on any atom is -0.288 e. The van der Waals surface area contributed by atoms with E-state index in [1.165, 1.54) is 23.3 Å². The van der Waals surface area contributed by atoms with Gasteiger partial charge in [-0.15, -0.1) is 0 Å². The standard InChI is InChI=1S/C17H15N/c1-3-7-13(8-4-1)16-17(11-15(17)12-18-16)14-9-5-2-6-10-14/h1-10,15H,11-12H2. The molecule has 1 aliphatic carbocycles. The van der Waals surface area contributed by atoms with Gasteiger partial charge in [-0.25, -0.2) is 0 Å². The van der Waals surface area contributed by atoms with Gasteiger partial charge < -0.3 is 0 Å². The van der Waals surface area contributed by atoms with Gasteiger partial charge in [0, 0.05) is 12.0 Å². The summed E-state index contributed by atoms with van der Waals surface area (Å²) in [6.07, 6.45) is 1.27. The van der Waals surface area contributed by atoms with E-state index in [1.54, 1.807) is 0 Å². The van der Waals surface area contributed by atoms with E-state index in [0.717, 1.165) is 12.5 Å². The normalized spacial score (nSPS) is 28.7. The van der Waals surface area contributed by atoms with Crippen molar-refractivity contribution in [3.05, 3.63) is 71.8 Å². The van der Waals surface area contributed by atoms with E-state index in [0.29, 0.717) is 0 Å². The molecule has 88 valence electrons. The molecule has 1 heteroatoms. The highest BCUT2D eigenvalue weighted by atomic mass is 14.9. The molecular weight excluding hydrogens is 218 g/mol. The zero-order valence-corrected chi connectivity index (χ0v) is 10.2. The van der Waals surface area contributed by atoms with Gasteiger partial charge >= 0.3 is 0 Å². The molecule has 1 nitrogen and oxygen atoms in total. The first-order valence-corrected chi connectivity index (χ1v) is 6.57. The zero-order valence-electron chi connectivity index (χ0n) is 10.2. The third-order valence-corrected chi connectivity index (χ3v) is 4.33. The monoisotopic (exact) mass is 233 g/mol. The Kier molecular flexibility index (Phi) is 1.99. The minimum absolute atomic E-state index is 0.225. The number of nitrogens with zero attached hydrogens (tertiary/aromatic N) is 1. The maximum atomic E-state index is 4.80. The van der Waals surface area contributed by atoms with Crippen LogP contribution in [-0.4, -0.2) is 12.3 Å². The minimum atomic E-state index is 0.225. The van der Waals surface area contributed by atoms with Crippen LogP contribution < -0.4 is 0 Å². The van der Waals surface area contributed by atoms with Crippen molar-refractivity contribution in [2.75, 3.05) is 6.54 Å². The van der Waals surface area contributed by atoms with E-state index < -0.39 is 0 Å². The molecule has 1 saturated carbocycles. The summed E-state index contributed by atoms with van der Waals surface area (Å²) in [5, 5.41) is 0. The van der Waals surface area contributed by atoms with E-state index in [-0.39, 0.29) is 5.41 Å². The molecular formula is C17H15N. The Morgan fingerprint density at radius 2 is 1.56 bits per heavy atom. The number of fused-ring (bicyclic) bond motifs is 1. The van der Waals surface area contributed by atoms with Crippen LogP contribution in [0.5, 0.6) is 0 Å². The predicted octanol–water partition coefficient (Wildman–Crippen LogP) is 3.45. The summed E-state index contributed by atoms with van der Waals surface area (Å²) < 4.78 is 0.